The molecule has 0 atom stereocenters. The van der Waals surface area contributed by atoms with Crippen LogP contribution in [0.1, 0.15) is 0 Å². The summed E-state index contributed by atoms with van der Waals surface area (Å²) in [6, 6.07) is 29.3. The van der Waals surface area contributed by atoms with Crippen molar-refractivity contribution in [2.75, 3.05) is 0 Å². The summed E-state index contributed by atoms with van der Waals surface area (Å²) in [6.45, 7) is 3.04. The van der Waals surface area contributed by atoms with E-state index >= 15 is 0 Å². The Balaban J connectivity index is 0.000000341. The van der Waals surface area contributed by atoms with E-state index in [1.54, 1.807) is 0 Å². The molecule has 0 amide bonds. The van der Waals surface area contributed by atoms with Crippen LogP contribution >= 0.6 is 17.0 Å². The van der Waals surface area contributed by atoms with E-state index < -0.39 is 18.0 Å². The smallest absolute Gasteiger partial charge is 0.0809 e. The van der Waals surface area contributed by atoms with Gasteiger partial charge >= 0.3 is 41.9 Å². The van der Waals surface area contributed by atoms with E-state index in [1.165, 1.54) is 21.5 Å². The van der Waals surface area contributed by atoms with E-state index in [4.69, 9.17) is 17.0 Å². The molecule has 0 bridgehead atoms. The van der Waals surface area contributed by atoms with Crippen molar-refractivity contribution in [1.82, 2.24) is 0 Å². The van der Waals surface area contributed by atoms with E-state index in [1.807, 2.05) is 0 Å². The average Bonchev–Trinajstić information content (AvgIpc) is 3.16. The van der Waals surface area contributed by atoms with Crippen LogP contribution in [0.4, 0.5) is 0 Å². The van der Waals surface area contributed by atoms with Crippen LogP contribution in [0.15, 0.2) is 84.9 Å². The van der Waals surface area contributed by atoms with Crippen LogP contribution in [0.2, 0.25) is 0 Å². The Kier molecular flexibility index (Phi) is 12.3. The fourth-order valence-corrected chi connectivity index (χ4v) is 2.14. The Hall–Kier alpha value is -0.660. The van der Waals surface area contributed by atoms with Crippen molar-refractivity contribution in [1.29, 1.82) is 0 Å². The van der Waals surface area contributed by atoms with Gasteiger partial charge in [0, 0.05) is 0 Å². The second-order valence-electron chi connectivity index (χ2n) is 4.57. The molecule has 24 heavy (non-hydrogen) atoms. The molecule has 0 nitrogen and oxygen atoms in total. The molecule has 0 heterocycles. The van der Waals surface area contributed by atoms with E-state index in [0.717, 1.165) is 0 Å². The number of halogens is 2. The minimum Gasteiger partial charge on any atom is -0.168 e. The van der Waals surface area contributed by atoms with E-state index in [0.29, 0.717) is 0 Å². The molecule has 4 aromatic rings. The molecule has 4 aromatic carbocycles. The molecule has 0 saturated carbocycles. The molecule has 4 heteroatoms. The zero-order valence-electron chi connectivity index (χ0n) is 13.8. The van der Waals surface area contributed by atoms with Crippen molar-refractivity contribution < 1.29 is 18.0 Å². The van der Waals surface area contributed by atoms with Crippen LogP contribution < -0.4 is 0 Å². The van der Waals surface area contributed by atoms with Crippen molar-refractivity contribution >= 4 is 45.4 Å². The molecular weight excluding hydrogens is 430 g/mol. The maximum atomic E-state index is 5.15. The van der Waals surface area contributed by atoms with Gasteiger partial charge in [-0.1, -0.05) is 12.1 Å². The van der Waals surface area contributed by atoms with Crippen molar-refractivity contribution in [2.24, 2.45) is 0 Å². The van der Waals surface area contributed by atoms with Gasteiger partial charge in [0.2, 0.25) is 0 Å². The van der Waals surface area contributed by atoms with Crippen molar-refractivity contribution in [3.63, 3.8) is 0 Å². The van der Waals surface area contributed by atoms with E-state index in [-0.39, 0.29) is 14.9 Å². The normalized spacial score (nSPS) is 8.75. The third kappa shape index (κ3) is 7.94. The van der Waals surface area contributed by atoms with Crippen molar-refractivity contribution in [3.8, 4) is 0 Å². The fourth-order valence-electron chi connectivity index (χ4n) is 2.14. The quantitative estimate of drug-likeness (QED) is 0.200. The zero-order chi connectivity index (χ0) is 15.8. The van der Waals surface area contributed by atoms with Gasteiger partial charge in [-0.3, -0.25) is 0 Å². The second-order valence-corrected chi connectivity index (χ2v) is 18.2. The SMILES string of the molecule is [CH3-].[CH3-].[Si]=[Zr]([Cl])[Cl].c1ccc2[cH-]ccc2c1.c1ccc2[cH-]ccc2c1. The van der Waals surface area contributed by atoms with Gasteiger partial charge in [0.1, 0.15) is 0 Å². The molecule has 4 rings (SSSR count). The summed E-state index contributed by atoms with van der Waals surface area (Å²) >= 11 is -1.79. The van der Waals surface area contributed by atoms with Gasteiger partial charge in [-0.15, -0.1) is 59.3 Å². The largest absolute Gasteiger partial charge is 0.168 e. The van der Waals surface area contributed by atoms with E-state index in [9.17, 15) is 0 Å². The van der Waals surface area contributed by atoms with Gasteiger partial charge < -0.3 is 14.9 Å². The minimum atomic E-state index is -1.79. The predicted octanol–water partition coefficient (Wildman–Crippen LogP) is 7.01. The van der Waals surface area contributed by atoms with Crippen LogP contribution in [0.25, 0.3) is 21.5 Å². The first-order chi connectivity index (χ1) is 10.7. The molecule has 0 aliphatic rings. The number of hydrogen-bond acceptors (Lipinski definition) is 0. The molecule has 0 aliphatic carbocycles. The average molecular weight is 451 g/mol. The summed E-state index contributed by atoms with van der Waals surface area (Å²) in [5.41, 5.74) is 0. The van der Waals surface area contributed by atoms with Gasteiger partial charge in [-0.05, 0) is 0 Å². The number of rotatable bonds is 0. The number of benzene rings is 2. The molecule has 0 spiro atoms. The summed E-state index contributed by atoms with van der Waals surface area (Å²) in [7, 11) is 10.3. The van der Waals surface area contributed by atoms with Crippen molar-refractivity contribution in [3.05, 3.63) is 99.8 Å². The molecular formula is C20H20Cl2SiZr-4. The summed E-state index contributed by atoms with van der Waals surface area (Å²) in [6.07, 6.45) is 0. The molecule has 2 radical (unpaired) electrons. The first kappa shape index (κ1) is 23.3. The molecule has 0 N–H and O–H groups in total. The first-order valence-electron chi connectivity index (χ1n) is 6.77. The van der Waals surface area contributed by atoms with Gasteiger partial charge in [-0.25, -0.2) is 0 Å². The molecule has 126 valence electrons. The van der Waals surface area contributed by atoms with E-state index in [2.05, 4.69) is 91.8 Å². The van der Waals surface area contributed by atoms with Crippen LogP contribution in [0.3, 0.4) is 0 Å². The Morgan fingerprint density at radius 3 is 1.33 bits per heavy atom. The molecule has 0 aliphatic heterocycles. The Labute approximate surface area is 162 Å². The van der Waals surface area contributed by atoms with Crippen LogP contribution in [0, 0.1) is 14.9 Å². The second kappa shape index (κ2) is 12.7. The van der Waals surface area contributed by atoms with Crippen molar-refractivity contribution in [2.45, 2.75) is 0 Å². The van der Waals surface area contributed by atoms with Crippen LogP contribution in [0.5, 0.6) is 0 Å². The summed E-state index contributed by atoms with van der Waals surface area (Å²) in [4.78, 5) is 0. The third-order valence-corrected chi connectivity index (χ3v) is 3.10. The summed E-state index contributed by atoms with van der Waals surface area (Å²) in [5, 5.41) is 5.32. The Morgan fingerprint density at radius 2 is 1.00 bits per heavy atom. The monoisotopic (exact) mass is 448 g/mol. The summed E-state index contributed by atoms with van der Waals surface area (Å²) in [5.74, 6) is 0. The number of fused-ring (bicyclic) bond motifs is 2. The topological polar surface area (TPSA) is 0 Å². The molecule has 0 saturated heterocycles. The zero-order valence-corrected chi connectivity index (χ0v) is 18.8. The predicted molar refractivity (Wildman–Crippen MR) is 109 cm³/mol. The Bertz CT molecular complexity index is 718. The maximum absolute atomic E-state index is 5.15. The maximum Gasteiger partial charge on any atom is -0.0809 e. The number of hydrogen-bond donors (Lipinski definition) is 0. The van der Waals surface area contributed by atoms with Gasteiger partial charge in [0.25, 0.3) is 0 Å². The molecule has 0 fully saturated rings. The van der Waals surface area contributed by atoms with Gasteiger partial charge in [0.05, 0.1) is 0 Å². The van der Waals surface area contributed by atoms with Gasteiger partial charge in [0.15, 0.2) is 0 Å². The third-order valence-electron chi connectivity index (χ3n) is 3.10. The molecule has 0 unspecified atom stereocenters. The standard InChI is InChI=1S/2C9H7.2CH3.2ClH.Si.Zr/c2*1-2-5-9-7-3-6-8(9)4-1;;;;;;/h2*1-7H;2*1H3;2*1H;;/q4*-1;;;;+2/p-2. The fraction of sp³-hybridized carbons (Fsp3) is 0. The summed E-state index contributed by atoms with van der Waals surface area (Å²) < 4.78 is 0. The minimum absolute atomic E-state index is 0. The van der Waals surface area contributed by atoms with Crippen LogP contribution in [-0.2, 0) is 18.0 Å². The van der Waals surface area contributed by atoms with Crippen LogP contribution in [-0.4, -0.2) is 6.88 Å². The Morgan fingerprint density at radius 1 is 0.667 bits per heavy atom. The van der Waals surface area contributed by atoms with Gasteiger partial charge in [-0.2, -0.15) is 35.0 Å². The molecule has 0 aromatic heterocycles. The first-order valence-corrected chi connectivity index (χ1v) is 17.3.